The first kappa shape index (κ1) is 20.0. The summed E-state index contributed by atoms with van der Waals surface area (Å²) in [7, 11) is -2.22. The number of aryl methyl sites for hydroxylation is 1. The van der Waals surface area contributed by atoms with E-state index in [1.165, 1.54) is 23.5 Å². The van der Waals surface area contributed by atoms with Crippen molar-refractivity contribution in [3.05, 3.63) is 59.7 Å². The molecule has 0 aromatic heterocycles. The van der Waals surface area contributed by atoms with Gasteiger partial charge in [-0.15, -0.1) is 0 Å². The molecule has 0 aliphatic heterocycles. The Morgan fingerprint density at radius 2 is 1.81 bits per heavy atom. The van der Waals surface area contributed by atoms with Crippen LogP contribution in [0.4, 0.5) is 5.69 Å². The summed E-state index contributed by atoms with van der Waals surface area (Å²) < 4.78 is 27.2. The highest BCUT2D eigenvalue weighted by Crippen LogP contribution is 2.25. The van der Waals surface area contributed by atoms with Gasteiger partial charge in [0.25, 0.3) is 15.9 Å². The van der Waals surface area contributed by atoms with Crippen molar-refractivity contribution in [2.24, 2.45) is 0 Å². The normalized spacial score (nSPS) is 11.2. The minimum Gasteiger partial charge on any atom is -0.352 e. The Morgan fingerprint density at radius 3 is 2.50 bits per heavy atom. The maximum absolute atomic E-state index is 13.0. The lowest BCUT2D eigenvalue weighted by Crippen LogP contribution is -2.28. The molecular weight excluding hydrogens is 348 g/mol. The smallest absolute Gasteiger partial charge is 0.264 e. The lowest BCUT2D eigenvalue weighted by molar-refractivity contribution is 0.0952. The largest absolute Gasteiger partial charge is 0.352 e. The van der Waals surface area contributed by atoms with Crippen molar-refractivity contribution in [3.63, 3.8) is 0 Å². The summed E-state index contributed by atoms with van der Waals surface area (Å²) >= 11 is 0. The maximum atomic E-state index is 13.0. The van der Waals surface area contributed by atoms with Gasteiger partial charge in [-0.05, 0) is 43.2 Å². The lowest BCUT2D eigenvalue weighted by Gasteiger charge is -2.21. The number of amides is 1. The third kappa shape index (κ3) is 4.64. The number of unbranched alkanes of at least 4 members (excludes halogenated alkanes) is 2. The molecule has 0 aliphatic carbocycles. The number of benzene rings is 2. The van der Waals surface area contributed by atoms with E-state index < -0.39 is 10.0 Å². The van der Waals surface area contributed by atoms with Gasteiger partial charge >= 0.3 is 0 Å². The minimum atomic E-state index is -3.75. The summed E-state index contributed by atoms with van der Waals surface area (Å²) in [6.07, 6.45) is 3.04. The van der Waals surface area contributed by atoms with Gasteiger partial charge in [0.2, 0.25) is 0 Å². The molecule has 0 fully saturated rings. The standard InChI is InChI=1S/C20H26N2O3S/c1-4-5-8-14-21-20(23)17-11-9-12-18(15-17)26(24,25)22(3)19-13-7-6-10-16(19)2/h6-7,9-13,15H,4-5,8,14H2,1-3H3,(H,21,23). The number of anilines is 1. The van der Waals surface area contributed by atoms with Gasteiger partial charge in [0.05, 0.1) is 10.6 Å². The molecule has 2 rings (SSSR count). The van der Waals surface area contributed by atoms with Crippen LogP contribution in [0.2, 0.25) is 0 Å². The monoisotopic (exact) mass is 374 g/mol. The van der Waals surface area contributed by atoms with Crippen molar-refractivity contribution in [1.29, 1.82) is 0 Å². The molecule has 0 spiro atoms. The number of rotatable bonds is 8. The molecule has 2 aromatic carbocycles. The fraction of sp³-hybridized carbons (Fsp3) is 0.350. The van der Waals surface area contributed by atoms with Crippen molar-refractivity contribution >= 4 is 21.6 Å². The van der Waals surface area contributed by atoms with Gasteiger partial charge in [0.15, 0.2) is 0 Å². The molecule has 2 aromatic rings. The quantitative estimate of drug-likeness (QED) is 0.716. The number of carbonyl (C=O) groups excluding carboxylic acids is 1. The highest BCUT2D eigenvalue weighted by molar-refractivity contribution is 7.92. The molecule has 0 aliphatic rings. The van der Waals surface area contributed by atoms with Crippen LogP contribution in [0, 0.1) is 6.92 Å². The first-order valence-electron chi connectivity index (χ1n) is 8.80. The molecule has 0 saturated carbocycles. The van der Waals surface area contributed by atoms with Crippen LogP contribution in [0.25, 0.3) is 0 Å². The summed E-state index contributed by atoms with van der Waals surface area (Å²) in [5.74, 6) is -0.253. The predicted molar refractivity (Wildman–Crippen MR) is 105 cm³/mol. The predicted octanol–water partition coefficient (Wildman–Crippen LogP) is 3.74. The second kappa shape index (κ2) is 8.85. The molecule has 0 saturated heterocycles. The number of nitrogens with zero attached hydrogens (tertiary/aromatic N) is 1. The number of hydrogen-bond acceptors (Lipinski definition) is 3. The first-order chi connectivity index (χ1) is 12.4. The third-order valence-electron chi connectivity index (χ3n) is 4.28. The summed E-state index contributed by atoms with van der Waals surface area (Å²) in [4.78, 5) is 12.4. The molecule has 1 N–H and O–H groups in total. The molecule has 0 unspecified atom stereocenters. The van der Waals surface area contributed by atoms with Crippen LogP contribution < -0.4 is 9.62 Å². The molecule has 140 valence electrons. The van der Waals surface area contributed by atoms with Gasteiger partial charge in [-0.1, -0.05) is 44.0 Å². The van der Waals surface area contributed by atoms with Crippen molar-refractivity contribution in [2.75, 3.05) is 17.9 Å². The van der Waals surface area contributed by atoms with Crippen molar-refractivity contribution in [2.45, 2.75) is 38.0 Å². The second-order valence-corrected chi connectivity index (χ2v) is 8.22. The van der Waals surface area contributed by atoms with E-state index in [9.17, 15) is 13.2 Å². The van der Waals surface area contributed by atoms with Gasteiger partial charge < -0.3 is 5.32 Å². The van der Waals surface area contributed by atoms with E-state index in [4.69, 9.17) is 0 Å². The van der Waals surface area contributed by atoms with Gasteiger partial charge in [-0.25, -0.2) is 8.42 Å². The number of hydrogen-bond donors (Lipinski definition) is 1. The Bertz CT molecular complexity index is 863. The summed E-state index contributed by atoms with van der Waals surface area (Å²) in [5, 5.41) is 2.84. The maximum Gasteiger partial charge on any atom is 0.264 e. The van der Waals surface area contributed by atoms with Crippen molar-refractivity contribution < 1.29 is 13.2 Å². The summed E-state index contributed by atoms with van der Waals surface area (Å²) in [6.45, 7) is 4.55. The Labute approximate surface area is 156 Å². The van der Waals surface area contributed by atoms with E-state index in [1.807, 2.05) is 19.1 Å². The van der Waals surface area contributed by atoms with Crippen LogP contribution >= 0.6 is 0 Å². The Hall–Kier alpha value is -2.34. The van der Waals surface area contributed by atoms with Gasteiger partial charge in [0.1, 0.15) is 0 Å². The lowest BCUT2D eigenvalue weighted by atomic mass is 10.2. The zero-order valence-electron chi connectivity index (χ0n) is 15.5. The number of para-hydroxylation sites is 1. The number of sulfonamides is 1. The van der Waals surface area contributed by atoms with Crippen LogP contribution in [0.1, 0.15) is 42.1 Å². The van der Waals surface area contributed by atoms with Crippen LogP contribution in [-0.2, 0) is 10.0 Å². The molecule has 0 radical (unpaired) electrons. The molecule has 26 heavy (non-hydrogen) atoms. The fourth-order valence-corrected chi connectivity index (χ4v) is 3.99. The highest BCUT2D eigenvalue weighted by atomic mass is 32.2. The van der Waals surface area contributed by atoms with Crippen molar-refractivity contribution in [3.8, 4) is 0 Å². The van der Waals surface area contributed by atoms with E-state index in [2.05, 4.69) is 12.2 Å². The van der Waals surface area contributed by atoms with Crippen LogP contribution in [0.15, 0.2) is 53.4 Å². The van der Waals surface area contributed by atoms with Gasteiger partial charge in [-0.3, -0.25) is 9.10 Å². The number of nitrogens with one attached hydrogen (secondary N) is 1. The molecule has 0 bridgehead atoms. The van der Waals surface area contributed by atoms with E-state index in [0.29, 0.717) is 17.8 Å². The fourth-order valence-electron chi connectivity index (χ4n) is 2.68. The van der Waals surface area contributed by atoms with Gasteiger partial charge in [-0.2, -0.15) is 0 Å². The number of carbonyl (C=O) groups is 1. The molecule has 0 heterocycles. The Balaban J connectivity index is 2.22. The van der Waals surface area contributed by atoms with E-state index in [1.54, 1.807) is 24.3 Å². The van der Waals surface area contributed by atoms with Crippen LogP contribution in [0.5, 0.6) is 0 Å². The van der Waals surface area contributed by atoms with E-state index in [-0.39, 0.29) is 10.8 Å². The molecule has 0 atom stereocenters. The SMILES string of the molecule is CCCCCNC(=O)c1cccc(S(=O)(=O)N(C)c2ccccc2C)c1. The van der Waals surface area contributed by atoms with Crippen LogP contribution in [-0.4, -0.2) is 27.9 Å². The van der Waals surface area contributed by atoms with E-state index in [0.717, 1.165) is 24.8 Å². The average molecular weight is 375 g/mol. The van der Waals surface area contributed by atoms with Gasteiger partial charge in [0, 0.05) is 19.2 Å². The molecule has 6 heteroatoms. The topological polar surface area (TPSA) is 66.5 Å². The Kier molecular flexibility index (Phi) is 6.80. The molecule has 5 nitrogen and oxygen atoms in total. The third-order valence-corrected chi connectivity index (χ3v) is 6.04. The first-order valence-corrected chi connectivity index (χ1v) is 10.2. The Morgan fingerprint density at radius 1 is 1.08 bits per heavy atom. The molecular formula is C20H26N2O3S. The average Bonchev–Trinajstić information content (AvgIpc) is 2.65. The van der Waals surface area contributed by atoms with Crippen molar-refractivity contribution in [1.82, 2.24) is 5.32 Å². The molecule has 1 amide bonds. The van der Waals surface area contributed by atoms with Crippen LogP contribution in [0.3, 0.4) is 0 Å². The van der Waals surface area contributed by atoms with E-state index >= 15 is 0 Å². The second-order valence-electron chi connectivity index (χ2n) is 6.25. The summed E-state index contributed by atoms with van der Waals surface area (Å²) in [6, 6.07) is 13.5. The minimum absolute atomic E-state index is 0.101. The zero-order valence-corrected chi connectivity index (χ0v) is 16.3. The zero-order chi connectivity index (χ0) is 19.2. The highest BCUT2D eigenvalue weighted by Gasteiger charge is 2.23. The summed E-state index contributed by atoms with van der Waals surface area (Å²) in [5.41, 5.74) is 1.83.